The number of likely N-dealkylation sites (tertiary alicyclic amines) is 1. The summed E-state index contributed by atoms with van der Waals surface area (Å²) in [7, 11) is 2.12. The zero-order valence-corrected chi connectivity index (χ0v) is 13.5. The number of aromatic nitrogens is 1. The third-order valence-corrected chi connectivity index (χ3v) is 4.84. The molecule has 2 heterocycles. The van der Waals surface area contributed by atoms with Crippen molar-refractivity contribution in [2.45, 2.75) is 18.4 Å². The molecule has 3 rings (SSSR count). The largest absolute Gasteiger partial charge is 0.378 e. The Bertz CT molecular complexity index is 626. The summed E-state index contributed by atoms with van der Waals surface area (Å²) in [5.74, 6) is 0.136. The number of rotatable bonds is 3. The van der Waals surface area contributed by atoms with Crippen molar-refractivity contribution >= 4 is 11.6 Å². The molecule has 0 spiro atoms. The first kappa shape index (κ1) is 15.5. The zero-order chi connectivity index (χ0) is 15.6. The maximum Gasteiger partial charge on any atom is 0.134 e. The molecule has 3 nitrogen and oxygen atoms in total. The molecule has 116 valence electrons. The number of halogens is 1. The van der Waals surface area contributed by atoms with Gasteiger partial charge in [-0.05, 0) is 50.7 Å². The van der Waals surface area contributed by atoms with Crippen LogP contribution in [0, 0.1) is 5.92 Å². The minimum atomic E-state index is -1.09. The Morgan fingerprint density at radius 3 is 2.41 bits per heavy atom. The molecule has 1 saturated heterocycles. The Kier molecular flexibility index (Phi) is 4.48. The maximum absolute atomic E-state index is 11.6. The fourth-order valence-corrected chi connectivity index (χ4v) is 3.50. The number of hydrogen-bond donors (Lipinski definition) is 1. The highest BCUT2D eigenvalue weighted by Gasteiger charge is 2.42. The normalized spacial score (nSPS) is 19.8. The quantitative estimate of drug-likeness (QED) is 0.883. The number of nitrogens with zero attached hydrogens (tertiary/aromatic N) is 2. The second-order valence-corrected chi connectivity index (χ2v) is 6.44. The van der Waals surface area contributed by atoms with Crippen molar-refractivity contribution in [2.24, 2.45) is 5.92 Å². The van der Waals surface area contributed by atoms with Crippen molar-refractivity contribution in [3.63, 3.8) is 0 Å². The van der Waals surface area contributed by atoms with E-state index in [0.717, 1.165) is 31.5 Å². The summed E-state index contributed by atoms with van der Waals surface area (Å²) in [6.07, 6.45) is 1.88. The first-order valence-corrected chi connectivity index (χ1v) is 8.08. The minimum absolute atomic E-state index is 0.136. The van der Waals surface area contributed by atoms with Crippen molar-refractivity contribution in [1.82, 2.24) is 9.88 Å². The van der Waals surface area contributed by atoms with Crippen LogP contribution in [0.3, 0.4) is 0 Å². The Morgan fingerprint density at radius 1 is 1.09 bits per heavy atom. The second-order valence-electron chi connectivity index (χ2n) is 6.06. The lowest BCUT2D eigenvalue weighted by atomic mass is 9.74. The van der Waals surface area contributed by atoms with Gasteiger partial charge in [0.2, 0.25) is 0 Å². The molecule has 22 heavy (non-hydrogen) atoms. The van der Waals surface area contributed by atoms with Crippen LogP contribution in [-0.2, 0) is 5.60 Å². The van der Waals surface area contributed by atoms with Gasteiger partial charge < -0.3 is 10.0 Å². The van der Waals surface area contributed by atoms with E-state index in [9.17, 15) is 5.11 Å². The average Bonchev–Trinajstić information content (AvgIpc) is 2.55. The van der Waals surface area contributed by atoms with Crippen LogP contribution in [0.2, 0.25) is 5.15 Å². The van der Waals surface area contributed by atoms with Crippen LogP contribution in [0.15, 0.2) is 48.5 Å². The van der Waals surface area contributed by atoms with Gasteiger partial charge in [0.1, 0.15) is 10.8 Å². The first-order valence-electron chi connectivity index (χ1n) is 7.70. The Hall–Kier alpha value is -1.42. The molecular formula is C18H21ClN2O. The predicted octanol–water partition coefficient (Wildman–Crippen LogP) is 3.31. The molecule has 4 heteroatoms. The summed E-state index contributed by atoms with van der Waals surface area (Å²) in [6, 6.07) is 15.3. The van der Waals surface area contributed by atoms with Crippen molar-refractivity contribution in [2.75, 3.05) is 20.1 Å². The van der Waals surface area contributed by atoms with Gasteiger partial charge in [-0.1, -0.05) is 48.0 Å². The smallest absolute Gasteiger partial charge is 0.134 e. The van der Waals surface area contributed by atoms with Crippen LogP contribution < -0.4 is 0 Å². The summed E-state index contributed by atoms with van der Waals surface area (Å²) in [4.78, 5) is 6.72. The molecule has 1 N–H and O–H groups in total. The van der Waals surface area contributed by atoms with Gasteiger partial charge in [0.25, 0.3) is 0 Å². The number of pyridine rings is 1. The van der Waals surface area contributed by atoms with E-state index in [2.05, 4.69) is 16.9 Å². The van der Waals surface area contributed by atoms with Crippen LogP contribution in [0.4, 0.5) is 0 Å². The molecule has 1 aliphatic heterocycles. The van der Waals surface area contributed by atoms with E-state index in [0.29, 0.717) is 10.8 Å². The number of piperidine rings is 1. The summed E-state index contributed by atoms with van der Waals surface area (Å²) in [5, 5.41) is 12.1. The van der Waals surface area contributed by atoms with Crippen molar-refractivity contribution in [3.8, 4) is 0 Å². The molecule has 1 aromatic heterocycles. The SMILES string of the molecule is CN1CCC([C@@](O)(c2ccccc2)c2cccc(Cl)n2)CC1. The van der Waals surface area contributed by atoms with E-state index in [-0.39, 0.29) is 5.92 Å². The van der Waals surface area contributed by atoms with Gasteiger partial charge in [-0.2, -0.15) is 0 Å². The molecule has 1 aliphatic rings. The molecule has 2 aromatic rings. The highest BCUT2D eigenvalue weighted by Crippen LogP contribution is 2.41. The molecule has 0 amide bonds. The molecule has 0 saturated carbocycles. The second kappa shape index (κ2) is 6.37. The van der Waals surface area contributed by atoms with Crippen molar-refractivity contribution < 1.29 is 5.11 Å². The van der Waals surface area contributed by atoms with Gasteiger partial charge in [-0.15, -0.1) is 0 Å². The van der Waals surface area contributed by atoms with Crippen LogP contribution >= 0.6 is 11.6 Å². The monoisotopic (exact) mass is 316 g/mol. The third-order valence-electron chi connectivity index (χ3n) is 4.63. The van der Waals surface area contributed by atoms with Gasteiger partial charge in [0, 0.05) is 5.92 Å². The zero-order valence-electron chi connectivity index (χ0n) is 12.7. The van der Waals surface area contributed by atoms with E-state index in [4.69, 9.17) is 11.6 Å². The molecule has 0 unspecified atom stereocenters. The van der Waals surface area contributed by atoms with Crippen molar-refractivity contribution in [3.05, 3.63) is 64.9 Å². The van der Waals surface area contributed by atoms with Crippen LogP contribution in [0.1, 0.15) is 24.1 Å². The van der Waals surface area contributed by atoms with Crippen molar-refractivity contribution in [1.29, 1.82) is 0 Å². The van der Waals surface area contributed by atoms with Gasteiger partial charge in [0.15, 0.2) is 0 Å². The van der Waals surface area contributed by atoms with E-state index >= 15 is 0 Å². The molecule has 1 aromatic carbocycles. The van der Waals surface area contributed by atoms with E-state index in [1.54, 1.807) is 6.07 Å². The molecule has 1 atom stereocenters. The molecule has 0 aliphatic carbocycles. The molecule has 0 bridgehead atoms. The molecule has 0 radical (unpaired) electrons. The Morgan fingerprint density at radius 2 is 1.77 bits per heavy atom. The third kappa shape index (κ3) is 2.89. The van der Waals surface area contributed by atoms with Gasteiger partial charge in [-0.3, -0.25) is 0 Å². The molecular weight excluding hydrogens is 296 g/mol. The standard InChI is InChI=1S/C18H21ClN2O/c1-21-12-10-15(11-13-21)18(22,14-6-3-2-4-7-14)16-8-5-9-17(19)20-16/h2-9,15,22H,10-13H2,1H3/t18-/m0/s1. The van der Waals surface area contributed by atoms with Gasteiger partial charge in [-0.25, -0.2) is 4.98 Å². The highest BCUT2D eigenvalue weighted by atomic mass is 35.5. The highest BCUT2D eigenvalue weighted by molar-refractivity contribution is 6.29. The van der Waals surface area contributed by atoms with Crippen LogP contribution in [0.5, 0.6) is 0 Å². The summed E-state index contributed by atoms with van der Waals surface area (Å²) in [5.41, 5.74) is 0.438. The summed E-state index contributed by atoms with van der Waals surface area (Å²) in [6.45, 7) is 1.97. The Balaban J connectivity index is 2.06. The van der Waals surface area contributed by atoms with Gasteiger partial charge >= 0.3 is 0 Å². The first-order chi connectivity index (χ1) is 10.6. The van der Waals surface area contributed by atoms with E-state index in [1.165, 1.54) is 0 Å². The number of hydrogen-bond acceptors (Lipinski definition) is 3. The molecule has 1 fully saturated rings. The lowest BCUT2D eigenvalue weighted by Crippen LogP contribution is -2.43. The van der Waals surface area contributed by atoms with E-state index < -0.39 is 5.60 Å². The predicted molar refractivity (Wildman–Crippen MR) is 88.9 cm³/mol. The number of aliphatic hydroxyl groups is 1. The fourth-order valence-electron chi connectivity index (χ4n) is 3.33. The topological polar surface area (TPSA) is 36.4 Å². The summed E-state index contributed by atoms with van der Waals surface area (Å²) >= 11 is 6.07. The van der Waals surface area contributed by atoms with Crippen LogP contribution in [-0.4, -0.2) is 35.1 Å². The van der Waals surface area contributed by atoms with E-state index in [1.807, 2.05) is 42.5 Å². The lowest BCUT2D eigenvalue weighted by molar-refractivity contribution is -0.0143. The fraction of sp³-hybridized carbons (Fsp3) is 0.389. The average molecular weight is 317 g/mol. The lowest BCUT2D eigenvalue weighted by Gasteiger charge is -2.40. The summed E-state index contributed by atoms with van der Waals surface area (Å²) < 4.78 is 0. The Labute approximate surface area is 136 Å². The number of benzene rings is 1. The minimum Gasteiger partial charge on any atom is -0.378 e. The van der Waals surface area contributed by atoms with Gasteiger partial charge in [0.05, 0.1) is 5.69 Å². The van der Waals surface area contributed by atoms with Crippen LogP contribution in [0.25, 0.3) is 0 Å². The maximum atomic E-state index is 11.6.